The normalized spacial score (nSPS) is 13.5. The number of nitro groups is 1. The molecule has 6 nitrogen and oxygen atoms in total. The first-order valence-corrected chi connectivity index (χ1v) is 5.34. The second-order valence-electron chi connectivity index (χ2n) is 4.08. The van der Waals surface area contributed by atoms with Gasteiger partial charge in [-0.2, -0.15) is 0 Å². The summed E-state index contributed by atoms with van der Waals surface area (Å²) < 4.78 is 0. The molecule has 0 bridgehead atoms. The predicted molar refractivity (Wildman–Crippen MR) is 70.1 cm³/mol. The minimum Gasteiger partial charge on any atom is -0.504 e. The summed E-state index contributed by atoms with van der Waals surface area (Å²) in [6.45, 7) is 3.87. The maximum atomic E-state index is 10.7. The summed E-state index contributed by atoms with van der Waals surface area (Å²) in [5.41, 5.74) is 5.84. The maximum absolute atomic E-state index is 10.7. The monoisotopic (exact) mass is 276 g/mol. The van der Waals surface area contributed by atoms with Gasteiger partial charge in [-0.1, -0.05) is 20.3 Å². The summed E-state index contributed by atoms with van der Waals surface area (Å²) in [6.07, 6.45) is 0.816. The fraction of sp³-hybridized carbons (Fsp3) is 0.455. The van der Waals surface area contributed by atoms with Crippen LogP contribution in [0.15, 0.2) is 12.1 Å². The van der Waals surface area contributed by atoms with E-state index in [1.54, 1.807) is 0 Å². The minimum absolute atomic E-state index is 0. The third-order valence-corrected chi connectivity index (χ3v) is 2.93. The van der Waals surface area contributed by atoms with Crippen LogP contribution in [0, 0.1) is 16.0 Å². The summed E-state index contributed by atoms with van der Waals surface area (Å²) in [4.78, 5) is 9.93. The Balaban J connectivity index is 0.00000289. The van der Waals surface area contributed by atoms with E-state index in [0.29, 0.717) is 5.56 Å². The summed E-state index contributed by atoms with van der Waals surface area (Å²) in [5.74, 6) is -1.12. The van der Waals surface area contributed by atoms with Crippen LogP contribution in [-0.2, 0) is 0 Å². The van der Waals surface area contributed by atoms with Crippen molar-refractivity contribution in [3.63, 3.8) is 0 Å². The number of nitro benzene ring substituents is 1. The van der Waals surface area contributed by atoms with Crippen LogP contribution in [0.2, 0.25) is 0 Å². The molecule has 7 heteroatoms. The molecule has 4 N–H and O–H groups in total. The molecular formula is C11H17ClN2O4. The van der Waals surface area contributed by atoms with Gasteiger partial charge in [0.1, 0.15) is 0 Å². The van der Waals surface area contributed by atoms with E-state index in [1.165, 1.54) is 12.1 Å². The molecule has 0 saturated carbocycles. The Morgan fingerprint density at radius 1 is 1.44 bits per heavy atom. The molecule has 102 valence electrons. The average molecular weight is 277 g/mol. The van der Waals surface area contributed by atoms with E-state index in [1.807, 2.05) is 13.8 Å². The van der Waals surface area contributed by atoms with E-state index in [4.69, 9.17) is 5.73 Å². The van der Waals surface area contributed by atoms with Crippen molar-refractivity contribution in [2.24, 2.45) is 11.7 Å². The summed E-state index contributed by atoms with van der Waals surface area (Å²) in [5, 5.41) is 29.4. The maximum Gasteiger partial charge on any atom is 0.314 e. The Morgan fingerprint density at radius 3 is 2.44 bits per heavy atom. The fourth-order valence-electron chi connectivity index (χ4n) is 1.54. The van der Waals surface area contributed by atoms with Crippen molar-refractivity contribution in [3.8, 4) is 11.5 Å². The number of aromatic hydroxyl groups is 2. The standard InChI is InChI=1S/C11H16N2O4.ClH/c1-3-6(2)10(12)7-4-8(13(16)17)11(15)9(14)5-7;/h4-6,10,14-15H,3,12H2,1-2H3;1H/t6?,10-;/m0./s1. The van der Waals surface area contributed by atoms with Crippen molar-refractivity contribution >= 4 is 18.1 Å². The minimum atomic E-state index is -0.748. The van der Waals surface area contributed by atoms with E-state index in [2.05, 4.69) is 0 Å². The van der Waals surface area contributed by atoms with Crippen molar-refractivity contribution in [2.45, 2.75) is 26.3 Å². The molecule has 18 heavy (non-hydrogen) atoms. The van der Waals surface area contributed by atoms with E-state index in [9.17, 15) is 20.3 Å². The molecule has 2 atom stereocenters. The van der Waals surface area contributed by atoms with Gasteiger partial charge in [0, 0.05) is 12.1 Å². The van der Waals surface area contributed by atoms with Crippen molar-refractivity contribution < 1.29 is 15.1 Å². The van der Waals surface area contributed by atoms with Crippen molar-refractivity contribution in [1.82, 2.24) is 0 Å². The number of hydrogen-bond acceptors (Lipinski definition) is 5. The zero-order chi connectivity index (χ0) is 13.2. The second-order valence-corrected chi connectivity index (χ2v) is 4.08. The SMILES string of the molecule is CCC(C)[C@H](N)c1cc(O)c(O)c([N+](=O)[O-])c1.Cl. The molecule has 0 radical (unpaired) electrons. The summed E-state index contributed by atoms with van der Waals surface area (Å²) in [6, 6.07) is 2.05. The lowest BCUT2D eigenvalue weighted by atomic mass is 9.93. The first-order valence-electron chi connectivity index (χ1n) is 5.34. The van der Waals surface area contributed by atoms with E-state index in [0.717, 1.165) is 6.42 Å². The Labute approximate surface area is 111 Å². The number of hydrogen-bond donors (Lipinski definition) is 3. The number of halogens is 1. The molecule has 1 unspecified atom stereocenters. The Morgan fingerprint density at radius 2 is 2.00 bits per heavy atom. The van der Waals surface area contributed by atoms with Gasteiger partial charge in [0.25, 0.3) is 0 Å². The molecule has 0 fully saturated rings. The molecule has 0 aliphatic heterocycles. The smallest absolute Gasteiger partial charge is 0.314 e. The van der Waals surface area contributed by atoms with Gasteiger partial charge < -0.3 is 15.9 Å². The lowest BCUT2D eigenvalue weighted by molar-refractivity contribution is -0.386. The van der Waals surface area contributed by atoms with Gasteiger partial charge in [0.15, 0.2) is 5.75 Å². The molecule has 0 heterocycles. The summed E-state index contributed by atoms with van der Waals surface area (Å²) in [7, 11) is 0. The van der Waals surface area contributed by atoms with E-state index in [-0.39, 0.29) is 18.3 Å². The third-order valence-electron chi connectivity index (χ3n) is 2.93. The lowest BCUT2D eigenvalue weighted by Crippen LogP contribution is -2.18. The molecule has 1 rings (SSSR count). The van der Waals surface area contributed by atoms with Crippen LogP contribution >= 0.6 is 12.4 Å². The number of benzene rings is 1. The zero-order valence-corrected chi connectivity index (χ0v) is 11.0. The second kappa shape index (κ2) is 6.42. The van der Waals surface area contributed by atoms with Crippen LogP contribution < -0.4 is 5.73 Å². The number of phenols is 2. The largest absolute Gasteiger partial charge is 0.504 e. The van der Waals surface area contributed by atoms with Crippen LogP contribution in [-0.4, -0.2) is 15.1 Å². The van der Waals surface area contributed by atoms with Gasteiger partial charge in [-0.15, -0.1) is 12.4 Å². The van der Waals surface area contributed by atoms with Crippen molar-refractivity contribution in [1.29, 1.82) is 0 Å². The predicted octanol–water partition coefficient (Wildman–Crippen LogP) is 2.47. The third kappa shape index (κ3) is 3.24. The van der Waals surface area contributed by atoms with Gasteiger partial charge in [0.05, 0.1) is 4.92 Å². The molecule has 1 aromatic carbocycles. The zero-order valence-electron chi connectivity index (χ0n) is 10.2. The quantitative estimate of drug-likeness (QED) is 0.444. The van der Waals surface area contributed by atoms with Crippen molar-refractivity contribution in [3.05, 3.63) is 27.8 Å². The van der Waals surface area contributed by atoms with Gasteiger partial charge in [-0.25, -0.2) is 0 Å². The lowest BCUT2D eigenvalue weighted by Gasteiger charge is -2.18. The fourth-order valence-corrected chi connectivity index (χ4v) is 1.54. The van der Waals surface area contributed by atoms with Crippen molar-refractivity contribution in [2.75, 3.05) is 0 Å². The van der Waals surface area contributed by atoms with E-state index >= 15 is 0 Å². The summed E-state index contributed by atoms with van der Waals surface area (Å²) >= 11 is 0. The van der Waals surface area contributed by atoms with Crippen LogP contribution in [0.3, 0.4) is 0 Å². The first-order chi connectivity index (χ1) is 7.88. The van der Waals surface area contributed by atoms with Crippen LogP contribution in [0.4, 0.5) is 5.69 Å². The van der Waals surface area contributed by atoms with Gasteiger partial charge >= 0.3 is 5.69 Å². The average Bonchev–Trinajstić information content (AvgIpc) is 2.30. The number of phenolic OH excluding ortho intramolecular Hbond substituents is 2. The highest BCUT2D eigenvalue weighted by Crippen LogP contribution is 2.38. The molecule has 0 aromatic heterocycles. The first kappa shape index (κ1) is 16.5. The molecule has 1 aromatic rings. The van der Waals surface area contributed by atoms with Crippen LogP contribution in [0.5, 0.6) is 11.5 Å². The topological polar surface area (TPSA) is 110 Å². The highest BCUT2D eigenvalue weighted by molar-refractivity contribution is 5.85. The Bertz CT molecular complexity index is 439. The molecule has 0 saturated heterocycles. The Kier molecular flexibility index (Phi) is 5.87. The highest BCUT2D eigenvalue weighted by atomic mass is 35.5. The molecule has 0 amide bonds. The number of rotatable bonds is 4. The van der Waals surface area contributed by atoms with E-state index < -0.39 is 28.2 Å². The van der Waals surface area contributed by atoms with Gasteiger partial charge in [-0.3, -0.25) is 10.1 Å². The van der Waals surface area contributed by atoms with Gasteiger partial charge in [0.2, 0.25) is 5.75 Å². The highest BCUT2D eigenvalue weighted by Gasteiger charge is 2.22. The number of nitrogens with zero attached hydrogens (tertiary/aromatic N) is 1. The Hall–Kier alpha value is -1.53. The number of nitrogens with two attached hydrogens (primary N) is 1. The van der Waals surface area contributed by atoms with Crippen LogP contribution in [0.1, 0.15) is 31.9 Å². The van der Waals surface area contributed by atoms with Gasteiger partial charge in [-0.05, 0) is 17.5 Å². The molecule has 0 spiro atoms. The molecular weight excluding hydrogens is 260 g/mol. The molecule has 0 aliphatic rings. The van der Waals surface area contributed by atoms with Crippen LogP contribution in [0.25, 0.3) is 0 Å². The molecule has 0 aliphatic carbocycles.